The summed E-state index contributed by atoms with van der Waals surface area (Å²) in [5, 5.41) is 0. The van der Waals surface area contributed by atoms with Crippen LogP contribution in [0.3, 0.4) is 0 Å². The lowest BCUT2D eigenvalue weighted by Gasteiger charge is -2.19. The number of aryl methyl sites for hydroxylation is 3. The van der Waals surface area contributed by atoms with Crippen molar-refractivity contribution in [2.24, 2.45) is 0 Å². The molecular weight excluding hydrogens is 585 g/mol. The van der Waals surface area contributed by atoms with Crippen LogP contribution in [0.25, 0.3) is 0 Å². The molecule has 0 aliphatic heterocycles. The lowest BCUT2D eigenvalue weighted by molar-refractivity contribution is 0.599. The second-order valence-corrected chi connectivity index (χ2v) is 17.8. The van der Waals surface area contributed by atoms with Gasteiger partial charge in [0.1, 0.15) is 0 Å². The van der Waals surface area contributed by atoms with Crippen molar-refractivity contribution < 1.29 is 0 Å². The van der Waals surface area contributed by atoms with Crippen LogP contribution in [0.1, 0.15) is 176 Å². The molecule has 3 aromatic rings. The maximum atomic E-state index is 4.48. The molecule has 0 atom stereocenters. The first-order chi connectivity index (χ1) is 19.8. The summed E-state index contributed by atoms with van der Waals surface area (Å²) < 4.78 is 0. The van der Waals surface area contributed by atoms with E-state index in [1.54, 1.807) is 62.6 Å². The molecule has 3 aliphatic rings. The van der Waals surface area contributed by atoms with Crippen molar-refractivity contribution in [3.05, 3.63) is 62.6 Å². The molecule has 0 bridgehead atoms. The largest absolute Gasteiger partial charge is 0.174 e. The van der Waals surface area contributed by atoms with Gasteiger partial charge in [-0.05, 0) is 121 Å². The van der Waals surface area contributed by atoms with E-state index in [1.165, 1.54) is 57.8 Å². The molecule has 0 saturated heterocycles. The zero-order valence-corrected chi connectivity index (χ0v) is 32.3. The van der Waals surface area contributed by atoms with Crippen LogP contribution < -0.4 is 0 Å². The quantitative estimate of drug-likeness (QED) is 0.268. The Hall–Kier alpha value is -0.550. The lowest BCUT2D eigenvalue weighted by atomic mass is 9.90. The van der Waals surface area contributed by atoms with Crippen LogP contribution >= 0.6 is 46.6 Å². The Bertz CT molecular complexity index is 1290. The molecule has 6 rings (SSSR count). The molecule has 42 heavy (non-hydrogen) atoms. The Morgan fingerprint density at radius 2 is 1.12 bits per heavy atom. The first-order valence-corrected chi connectivity index (χ1v) is 19.9. The van der Waals surface area contributed by atoms with Crippen molar-refractivity contribution in [2.75, 3.05) is 0 Å². The normalized spacial score (nSPS) is 15.1. The Balaban J connectivity index is 0.000000168. The van der Waals surface area contributed by atoms with Crippen molar-refractivity contribution in [1.29, 1.82) is 0 Å². The Kier molecular flexibility index (Phi) is 13.4. The molecule has 4 heteroatoms. The molecule has 236 valence electrons. The predicted octanol–water partition coefficient (Wildman–Crippen LogP) is 13.1. The Morgan fingerprint density at radius 3 is 1.64 bits per heavy atom. The zero-order chi connectivity index (χ0) is 31.4. The smallest absolute Gasteiger partial charge is 0.0168 e. The van der Waals surface area contributed by atoms with E-state index >= 15 is 0 Å². The summed E-state index contributed by atoms with van der Waals surface area (Å²) in [6.45, 7) is 27.1. The van der Waals surface area contributed by atoms with Crippen LogP contribution in [0.2, 0.25) is 0 Å². The van der Waals surface area contributed by atoms with Crippen LogP contribution in [0.15, 0.2) is 0 Å². The van der Waals surface area contributed by atoms with E-state index in [-0.39, 0.29) is 0 Å². The maximum absolute atomic E-state index is 4.48. The summed E-state index contributed by atoms with van der Waals surface area (Å²) in [7, 11) is 0. The van der Waals surface area contributed by atoms with Gasteiger partial charge in [0.25, 0.3) is 0 Å². The minimum Gasteiger partial charge on any atom is -0.174 e. The van der Waals surface area contributed by atoms with E-state index in [0.29, 0.717) is 17.3 Å². The van der Waals surface area contributed by atoms with Gasteiger partial charge in [0.15, 0.2) is 0 Å². The first-order valence-electron chi connectivity index (χ1n) is 16.8. The lowest BCUT2D eigenvalue weighted by Crippen LogP contribution is -2.11. The average molecular weight is 645 g/mol. The second-order valence-electron chi connectivity index (χ2n) is 14.0. The van der Waals surface area contributed by atoms with Gasteiger partial charge in [0.05, 0.1) is 0 Å². The fraction of sp³-hybridized carbons (Fsp3) is 0.684. The van der Waals surface area contributed by atoms with Crippen LogP contribution in [-0.4, -0.2) is 0 Å². The maximum Gasteiger partial charge on any atom is 0.0168 e. The molecular formula is C38H60S4. The highest BCUT2D eigenvalue weighted by molar-refractivity contribution is 7.79. The number of thiol groups is 1. The molecule has 0 spiro atoms. The molecule has 3 aliphatic carbocycles. The molecule has 0 saturated carbocycles. The highest BCUT2D eigenvalue weighted by Gasteiger charge is 2.27. The average Bonchev–Trinajstić information content (AvgIpc) is 3.74. The molecule has 0 fully saturated rings. The standard InChI is InChI=1S/C13H20S.C12H18S2.C11H16S.C2H6/c1-8(2)12-10-6-5-7-11(10)14-13(12)9(3)4;1-12(2,3)11-9(7-13)8-5-4-6-10(8)14-11;1-7(2)11-10-6-4-5-9(10)8(3)12-11;1-2/h8-9H,5-7H2,1-4H3;13H,4-7H2,1-3H3;7H,4-6H2,1-3H3;1-2H3. The SMILES string of the molecule is CC.CC(C)(C)c1sc2c(c1CS)CCC2.CC(C)c1sc2c(c1C(C)C)CCC2.Cc1sc(C(C)C)c2c1CCC2. The zero-order valence-electron chi connectivity index (χ0n) is 29.0. The van der Waals surface area contributed by atoms with Gasteiger partial charge < -0.3 is 0 Å². The molecule has 0 aromatic carbocycles. The third kappa shape index (κ3) is 7.99. The van der Waals surface area contributed by atoms with Gasteiger partial charge in [0, 0.05) is 35.0 Å². The third-order valence-electron chi connectivity index (χ3n) is 8.69. The van der Waals surface area contributed by atoms with E-state index in [4.69, 9.17) is 0 Å². The van der Waals surface area contributed by atoms with Gasteiger partial charge >= 0.3 is 0 Å². The van der Waals surface area contributed by atoms with Crippen molar-refractivity contribution in [2.45, 2.75) is 170 Å². The van der Waals surface area contributed by atoms with Gasteiger partial charge in [-0.1, -0.05) is 76.2 Å². The summed E-state index contributed by atoms with van der Waals surface area (Å²) in [4.78, 5) is 9.78. The van der Waals surface area contributed by atoms with Crippen LogP contribution in [0, 0.1) is 6.92 Å². The van der Waals surface area contributed by atoms with E-state index in [9.17, 15) is 0 Å². The van der Waals surface area contributed by atoms with Crippen LogP contribution in [0.5, 0.6) is 0 Å². The van der Waals surface area contributed by atoms with Crippen LogP contribution in [0.4, 0.5) is 0 Å². The molecule has 0 unspecified atom stereocenters. The summed E-state index contributed by atoms with van der Waals surface area (Å²) in [6.07, 6.45) is 12.1. The molecule has 0 amide bonds. The summed E-state index contributed by atoms with van der Waals surface area (Å²) in [5.41, 5.74) is 10.3. The van der Waals surface area contributed by atoms with Crippen molar-refractivity contribution in [1.82, 2.24) is 0 Å². The molecule has 0 N–H and O–H groups in total. The van der Waals surface area contributed by atoms with E-state index in [0.717, 1.165) is 11.7 Å². The monoisotopic (exact) mass is 644 g/mol. The molecule has 3 heterocycles. The fourth-order valence-corrected chi connectivity index (χ4v) is 11.6. The minimum absolute atomic E-state index is 0.299. The van der Waals surface area contributed by atoms with E-state index in [2.05, 4.69) is 93.2 Å². The number of hydrogen-bond donors (Lipinski definition) is 1. The molecule has 3 aromatic heterocycles. The van der Waals surface area contributed by atoms with Crippen molar-refractivity contribution in [3.8, 4) is 0 Å². The number of fused-ring (bicyclic) bond motifs is 3. The predicted molar refractivity (Wildman–Crippen MR) is 199 cm³/mol. The van der Waals surface area contributed by atoms with Gasteiger partial charge in [-0.2, -0.15) is 12.6 Å². The second kappa shape index (κ2) is 15.6. The highest BCUT2D eigenvalue weighted by Crippen LogP contribution is 2.43. The van der Waals surface area contributed by atoms with Crippen molar-refractivity contribution >= 4 is 46.6 Å². The summed E-state index contributed by atoms with van der Waals surface area (Å²) in [6, 6.07) is 0. The van der Waals surface area contributed by atoms with Crippen molar-refractivity contribution in [3.63, 3.8) is 0 Å². The number of rotatable bonds is 4. The Morgan fingerprint density at radius 1 is 0.619 bits per heavy atom. The van der Waals surface area contributed by atoms with E-state index in [1.807, 2.05) is 36.5 Å². The topological polar surface area (TPSA) is 0 Å². The third-order valence-corrected chi connectivity index (χ3v) is 13.9. The minimum atomic E-state index is 0.299. The van der Waals surface area contributed by atoms with Gasteiger partial charge in [-0.15, -0.1) is 34.0 Å². The molecule has 0 nitrogen and oxygen atoms in total. The van der Waals surface area contributed by atoms with Gasteiger partial charge in [-0.3, -0.25) is 0 Å². The highest BCUT2D eigenvalue weighted by atomic mass is 32.1. The molecule has 0 radical (unpaired) electrons. The summed E-state index contributed by atoms with van der Waals surface area (Å²) in [5.74, 6) is 3.07. The van der Waals surface area contributed by atoms with Gasteiger partial charge in [-0.25, -0.2) is 0 Å². The van der Waals surface area contributed by atoms with Crippen LogP contribution in [-0.2, 0) is 49.7 Å². The fourth-order valence-electron chi connectivity index (χ4n) is 6.91. The first kappa shape index (κ1) is 35.9. The summed E-state index contributed by atoms with van der Waals surface area (Å²) >= 11 is 10.6. The number of thiophene rings is 3. The Labute approximate surface area is 277 Å². The number of hydrogen-bond acceptors (Lipinski definition) is 4. The van der Waals surface area contributed by atoms with E-state index < -0.39 is 0 Å². The van der Waals surface area contributed by atoms with Gasteiger partial charge in [0.2, 0.25) is 0 Å².